The van der Waals surface area contributed by atoms with Crippen molar-refractivity contribution < 1.29 is 23.9 Å². The van der Waals surface area contributed by atoms with Crippen molar-refractivity contribution in [3.63, 3.8) is 0 Å². The third-order valence-electron chi connectivity index (χ3n) is 9.10. The monoisotopic (exact) mass is 596 g/mol. The Kier molecular flexibility index (Phi) is 7.85. The predicted octanol–water partition coefficient (Wildman–Crippen LogP) is 4.62. The number of halogens is 1. The van der Waals surface area contributed by atoms with Crippen LogP contribution in [0.25, 0.3) is 0 Å². The second kappa shape index (κ2) is 11.3. The second-order valence-corrected chi connectivity index (χ2v) is 13.7. The number of hydrogen-bond acceptors (Lipinski definition) is 7. The summed E-state index contributed by atoms with van der Waals surface area (Å²) >= 11 is 6.66. The van der Waals surface area contributed by atoms with E-state index in [0.29, 0.717) is 74.8 Å². The van der Waals surface area contributed by atoms with Crippen LogP contribution in [0.2, 0.25) is 5.02 Å². The largest absolute Gasteiger partial charge is 0.460 e. The molecule has 0 bridgehead atoms. The highest BCUT2D eigenvalue weighted by Gasteiger charge is 2.40. The molecule has 9 nitrogen and oxygen atoms in total. The molecule has 1 atom stereocenters. The summed E-state index contributed by atoms with van der Waals surface area (Å²) in [6.07, 6.45) is 5.35. The molecule has 0 radical (unpaired) electrons. The number of hydrogen-bond donors (Lipinski definition) is 0. The third-order valence-corrected chi connectivity index (χ3v) is 9.41. The average molecular weight is 597 g/mol. The van der Waals surface area contributed by atoms with E-state index in [-0.39, 0.29) is 35.7 Å². The van der Waals surface area contributed by atoms with Crippen LogP contribution in [0.5, 0.6) is 0 Å². The minimum Gasteiger partial charge on any atom is -0.460 e. The Morgan fingerprint density at radius 3 is 2.36 bits per heavy atom. The van der Waals surface area contributed by atoms with Crippen LogP contribution in [-0.4, -0.2) is 77.5 Å². The molecule has 3 fully saturated rings. The van der Waals surface area contributed by atoms with Crippen molar-refractivity contribution in [1.29, 1.82) is 0 Å². The Balaban J connectivity index is 1.29. The highest BCUT2D eigenvalue weighted by molar-refractivity contribution is 6.34. The van der Waals surface area contributed by atoms with Gasteiger partial charge in [0.05, 0.1) is 28.3 Å². The zero-order valence-corrected chi connectivity index (χ0v) is 25.8. The Labute approximate surface area is 252 Å². The molecule has 1 amide bonds. The number of aromatic nitrogens is 2. The van der Waals surface area contributed by atoms with Crippen LogP contribution >= 0.6 is 11.6 Å². The molecule has 1 saturated carbocycles. The molecule has 2 aromatic rings. The minimum atomic E-state index is -0.515. The van der Waals surface area contributed by atoms with Gasteiger partial charge in [0.15, 0.2) is 5.82 Å². The van der Waals surface area contributed by atoms with Gasteiger partial charge in [0, 0.05) is 51.2 Å². The number of methoxy groups -OCH3 is 1. The molecule has 2 saturated heterocycles. The van der Waals surface area contributed by atoms with Gasteiger partial charge in [0.1, 0.15) is 5.60 Å². The zero-order valence-electron chi connectivity index (χ0n) is 25.0. The molecule has 3 heterocycles. The van der Waals surface area contributed by atoms with E-state index in [1.807, 2.05) is 37.8 Å². The van der Waals surface area contributed by atoms with Crippen LogP contribution in [0.4, 0.5) is 5.82 Å². The lowest BCUT2D eigenvalue weighted by atomic mass is 9.85. The normalized spacial score (nSPS) is 21.6. The summed E-state index contributed by atoms with van der Waals surface area (Å²) in [5.74, 6) is 0.497. The van der Waals surface area contributed by atoms with E-state index in [0.717, 1.165) is 35.5 Å². The lowest BCUT2D eigenvalue weighted by molar-refractivity contribution is -0.160. The Hall–Kier alpha value is -2.91. The molecular formula is C32H41ClN4O5. The minimum absolute atomic E-state index is 0.0940. The average Bonchev–Trinajstić information content (AvgIpc) is 3.71. The van der Waals surface area contributed by atoms with Crippen LogP contribution < -0.4 is 4.90 Å². The lowest BCUT2D eigenvalue weighted by Crippen LogP contribution is -2.56. The maximum absolute atomic E-state index is 14.2. The molecular weight excluding hydrogens is 556 g/mol. The molecule has 0 N–H and O–H groups in total. The summed E-state index contributed by atoms with van der Waals surface area (Å²) in [6, 6.07) is 5.67. The van der Waals surface area contributed by atoms with Gasteiger partial charge in [-0.05, 0) is 76.8 Å². The third kappa shape index (κ3) is 5.70. The fourth-order valence-electron chi connectivity index (χ4n) is 6.57. The molecule has 1 aromatic carbocycles. The Morgan fingerprint density at radius 1 is 1.00 bits per heavy atom. The van der Waals surface area contributed by atoms with Gasteiger partial charge in [0.2, 0.25) is 5.91 Å². The molecule has 2 aliphatic heterocycles. The maximum atomic E-state index is 14.2. The van der Waals surface area contributed by atoms with E-state index in [1.54, 1.807) is 13.2 Å². The summed E-state index contributed by atoms with van der Waals surface area (Å²) < 4.78 is 12.5. The number of fused-ring (bicyclic) bond motifs is 1. The number of rotatable bonds is 6. The number of esters is 1. The topological polar surface area (TPSA) is 94.0 Å². The molecule has 1 unspecified atom stereocenters. The van der Waals surface area contributed by atoms with Crippen molar-refractivity contribution in [3.8, 4) is 0 Å². The number of likely N-dealkylation sites (tertiary alicyclic amines) is 1. The Morgan fingerprint density at radius 2 is 1.71 bits per heavy atom. The number of nitrogens with zero attached hydrogens (tertiary/aromatic N) is 4. The van der Waals surface area contributed by atoms with Gasteiger partial charge in [-0.2, -0.15) is 4.68 Å². The first kappa shape index (κ1) is 29.2. The fourth-order valence-corrected chi connectivity index (χ4v) is 6.83. The van der Waals surface area contributed by atoms with Crippen LogP contribution in [0.3, 0.4) is 0 Å². The second-order valence-electron chi connectivity index (χ2n) is 13.3. The number of benzene rings is 1. The molecule has 1 aromatic heterocycles. The van der Waals surface area contributed by atoms with Crippen LogP contribution in [0.15, 0.2) is 18.2 Å². The van der Waals surface area contributed by atoms with Gasteiger partial charge in [-0.25, -0.2) is 0 Å². The van der Waals surface area contributed by atoms with Crippen molar-refractivity contribution in [2.45, 2.75) is 83.3 Å². The van der Waals surface area contributed by atoms with Gasteiger partial charge in [-0.1, -0.05) is 23.7 Å². The fraction of sp³-hybridized carbons (Fsp3) is 0.625. The van der Waals surface area contributed by atoms with E-state index in [1.165, 1.54) is 4.68 Å². The quantitative estimate of drug-likeness (QED) is 0.449. The van der Waals surface area contributed by atoms with Gasteiger partial charge in [-0.15, -0.1) is 5.10 Å². The number of anilines is 1. The molecule has 0 spiro atoms. The molecule has 4 aliphatic rings. The molecule has 42 heavy (non-hydrogen) atoms. The van der Waals surface area contributed by atoms with Gasteiger partial charge < -0.3 is 19.3 Å². The maximum Gasteiger partial charge on any atom is 0.309 e. The molecule has 226 valence electrons. The number of amides is 1. The summed E-state index contributed by atoms with van der Waals surface area (Å²) in [5.41, 5.74) is 2.81. The lowest BCUT2D eigenvalue weighted by Gasteiger charge is -2.40. The number of carbonyl (C=O) groups is 3. The van der Waals surface area contributed by atoms with Crippen molar-refractivity contribution in [2.75, 3.05) is 38.2 Å². The van der Waals surface area contributed by atoms with E-state index in [9.17, 15) is 14.4 Å². The van der Waals surface area contributed by atoms with Crippen molar-refractivity contribution in [1.82, 2.24) is 14.7 Å². The first-order valence-electron chi connectivity index (χ1n) is 15.3. The van der Waals surface area contributed by atoms with Crippen LogP contribution in [0.1, 0.15) is 86.0 Å². The first-order valence-corrected chi connectivity index (χ1v) is 15.6. The molecule has 2 aliphatic carbocycles. The standard InChI is InChI=1S/C32H41ClN4O5/c1-32(2,3)42-31(40)20-12-14-35(15-13-20)28-24-11-10-21(29(38)36-17-22(18-36)41-4)16-26(24)37(34-28)30(39)27-23(19-8-9-19)6-5-7-25(27)33/h5-7,19-22H,8-18H2,1-4H3. The molecule has 10 heteroatoms. The first-order chi connectivity index (χ1) is 20.0. The highest BCUT2D eigenvalue weighted by atomic mass is 35.5. The van der Waals surface area contributed by atoms with E-state index in [4.69, 9.17) is 26.2 Å². The van der Waals surface area contributed by atoms with Gasteiger partial charge in [-0.3, -0.25) is 14.4 Å². The zero-order chi connectivity index (χ0) is 29.8. The van der Waals surface area contributed by atoms with E-state index in [2.05, 4.69) is 4.90 Å². The summed E-state index contributed by atoms with van der Waals surface area (Å²) in [4.78, 5) is 44.4. The number of piperidine rings is 1. The Bertz CT molecular complexity index is 1380. The summed E-state index contributed by atoms with van der Waals surface area (Å²) in [5, 5.41) is 5.39. The summed E-state index contributed by atoms with van der Waals surface area (Å²) in [7, 11) is 1.67. The van der Waals surface area contributed by atoms with Crippen LogP contribution in [-0.2, 0) is 31.9 Å². The van der Waals surface area contributed by atoms with Gasteiger partial charge >= 0.3 is 5.97 Å². The number of carbonyl (C=O) groups excluding carboxylic acids is 3. The number of ether oxygens (including phenoxy) is 2. The SMILES string of the molecule is COC1CN(C(=O)C2CCc3c(N4CCC(C(=O)OC(C)(C)C)CC4)nn(C(=O)c4c(Cl)cccc4C4CC4)c3C2)C1. The van der Waals surface area contributed by atoms with E-state index < -0.39 is 5.60 Å². The van der Waals surface area contributed by atoms with Crippen molar-refractivity contribution in [3.05, 3.63) is 45.6 Å². The summed E-state index contributed by atoms with van der Waals surface area (Å²) in [6.45, 7) is 8.18. The van der Waals surface area contributed by atoms with Crippen molar-refractivity contribution in [2.24, 2.45) is 11.8 Å². The highest BCUT2D eigenvalue weighted by Crippen LogP contribution is 2.44. The smallest absolute Gasteiger partial charge is 0.309 e. The molecule has 6 rings (SSSR count). The van der Waals surface area contributed by atoms with Crippen LogP contribution in [0, 0.1) is 11.8 Å². The van der Waals surface area contributed by atoms with Gasteiger partial charge in [0.25, 0.3) is 5.91 Å². The predicted molar refractivity (Wildman–Crippen MR) is 159 cm³/mol. The van der Waals surface area contributed by atoms with Crippen molar-refractivity contribution >= 4 is 35.2 Å². The van der Waals surface area contributed by atoms with E-state index >= 15 is 0 Å².